The summed E-state index contributed by atoms with van der Waals surface area (Å²) in [7, 11) is 3.24. The van der Waals surface area contributed by atoms with Crippen molar-refractivity contribution in [2.45, 2.75) is 50.9 Å². The van der Waals surface area contributed by atoms with Crippen LogP contribution >= 0.6 is 0 Å². The molecule has 1 heterocycles. The highest BCUT2D eigenvalue weighted by atomic mass is 18.2. The zero-order valence-electron chi connectivity index (χ0n) is 18.6. The highest BCUT2D eigenvalue weighted by Crippen LogP contribution is 2.54. The molecule has 0 radical (unpaired) electrons. The smallest absolute Gasteiger partial charge is 0.227 e. The van der Waals surface area contributed by atoms with Crippen LogP contribution in [0.25, 0.3) is 10.8 Å². The zero-order valence-corrected chi connectivity index (χ0v) is 18.6. The van der Waals surface area contributed by atoms with Gasteiger partial charge < -0.3 is 24.1 Å². The lowest BCUT2D eigenvalue weighted by atomic mass is 9.58. The molecular formula is C25H28O6. The van der Waals surface area contributed by atoms with E-state index in [4.69, 9.17) is 18.9 Å². The number of ketones is 1. The normalized spacial score (nSPS) is 29.3. The van der Waals surface area contributed by atoms with Crippen molar-refractivity contribution in [1.82, 2.24) is 0 Å². The van der Waals surface area contributed by atoms with Crippen molar-refractivity contribution < 1.29 is 28.8 Å². The maximum atomic E-state index is 13.4. The van der Waals surface area contributed by atoms with Gasteiger partial charge in [0.05, 0.1) is 26.9 Å². The fourth-order valence-corrected chi connectivity index (χ4v) is 5.69. The van der Waals surface area contributed by atoms with Crippen LogP contribution in [0.2, 0.25) is 0 Å². The van der Waals surface area contributed by atoms with Crippen LogP contribution in [-0.2, 0) is 14.9 Å². The summed E-state index contributed by atoms with van der Waals surface area (Å²) in [5, 5.41) is 12.8. The molecule has 0 bridgehead atoms. The molecule has 2 aliphatic carbocycles. The summed E-state index contributed by atoms with van der Waals surface area (Å²) in [6.07, 6.45) is 1.51. The Labute approximate surface area is 181 Å². The Hall–Kier alpha value is -2.57. The molecule has 2 aromatic rings. The minimum atomic E-state index is -0.665. The lowest BCUT2D eigenvalue weighted by molar-refractivity contribution is -0.293. The van der Waals surface area contributed by atoms with Crippen molar-refractivity contribution in [2.24, 2.45) is 5.92 Å². The van der Waals surface area contributed by atoms with E-state index in [1.165, 1.54) is 0 Å². The lowest BCUT2D eigenvalue weighted by Crippen LogP contribution is -2.53. The van der Waals surface area contributed by atoms with Gasteiger partial charge in [-0.15, -0.1) is 0 Å². The summed E-state index contributed by atoms with van der Waals surface area (Å²) in [6, 6.07) is 7.56. The average molecular weight is 428 g/mol. The third-order valence-corrected chi connectivity index (χ3v) is 7.21. The molecule has 6 heteroatoms. The highest BCUT2D eigenvalue weighted by molar-refractivity contribution is 6.13. The van der Waals surface area contributed by atoms with Crippen LogP contribution < -0.4 is 9.47 Å². The second-order valence-corrected chi connectivity index (χ2v) is 9.35. The first-order chi connectivity index (χ1) is 14.7. The molecular weight excluding hydrogens is 400 g/mol. The first-order valence-electron chi connectivity index (χ1n) is 10.7. The van der Waals surface area contributed by atoms with E-state index in [-0.39, 0.29) is 23.6 Å². The summed E-state index contributed by atoms with van der Waals surface area (Å²) in [5.41, 5.74) is 1.66. The second kappa shape index (κ2) is 6.71. The van der Waals surface area contributed by atoms with Gasteiger partial charge in [0.1, 0.15) is 11.5 Å². The molecule has 0 spiro atoms. The van der Waals surface area contributed by atoms with Crippen LogP contribution in [0.4, 0.5) is 0 Å². The number of hydrogen-bond donors (Lipinski definition) is 1. The summed E-state index contributed by atoms with van der Waals surface area (Å²) in [6.45, 7) is 6.33. The Morgan fingerprint density at radius 2 is 1.71 bits per heavy atom. The number of fused-ring (bicyclic) bond motifs is 6. The minimum absolute atomic E-state index is 0.0848. The van der Waals surface area contributed by atoms with Crippen molar-refractivity contribution in [3.8, 4) is 11.5 Å². The number of hydrogen-bond acceptors (Lipinski definition) is 6. The molecule has 6 nitrogen and oxygen atoms in total. The van der Waals surface area contributed by atoms with E-state index in [2.05, 4.69) is 6.92 Å². The van der Waals surface area contributed by atoms with Gasteiger partial charge in [0, 0.05) is 27.7 Å². The predicted molar refractivity (Wildman–Crippen MR) is 116 cm³/mol. The van der Waals surface area contributed by atoms with Gasteiger partial charge in [-0.3, -0.25) is 4.79 Å². The van der Waals surface area contributed by atoms with Crippen molar-refractivity contribution in [3.63, 3.8) is 0 Å². The van der Waals surface area contributed by atoms with Gasteiger partial charge in [-0.05, 0) is 62.1 Å². The van der Waals surface area contributed by atoms with E-state index in [0.29, 0.717) is 17.9 Å². The fourth-order valence-electron chi connectivity index (χ4n) is 5.69. The SMILES string of the molecule is COc1ccc(OC)c2cc3c(cc12)C(=[18O])C([18OH])=C1[C@H]2COC(C)(C)O[C@H]2CC[C@]13C. The first-order valence-corrected chi connectivity index (χ1v) is 10.7. The number of carbonyl (C=O) groups excluding carboxylic acids is 1. The van der Waals surface area contributed by atoms with Crippen molar-refractivity contribution in [1.29, 1.82) is 0 Å². The monoisotopic (exact) mass is 428 g/mol. The van der Waals surface area contributed by atoms with E-state index in [0.717, 1.165) is 40.5 Å². The second-order valence-electron chi connectivity index (χ2n) is 9.35. The molecule has 164 valence electrons. The van der Waals surface area contributed by atoms with Crippen LogP contribution in [-0.4, -0.2) is 43.6 Å². The summed E-state index contributed by atoms with van der Waals surface area (Å²) >= 11 is 0. The van der Waals surface area contributed by atoms with Crippen molar-refractivity contribution in [3.05, 3.63) is 46.7 Å². The number of ether oxygens (including phenoxy) is 4. The maximum Gasteiger partial charge on any atom is 0.227 e. The Morgan fingerprint density at radius 3 is 2.35 bits per heavy atom. The van der Waals surface area contributed by atoms with Gasteiger partial charge in [-0.2, -0.15) is 0 Å². The number of allylic oxidation sites excluding steroid dienone is 1. The summed E-state index contributed by atoms with van der Waals surface area (Å²) in [4.78, 5) is 13.4. The number of methoxy groups -OCH3 is 2. The quantitative estimate of drug-likeness (QED) is 0.700. The van der Waals surface area contributed by atoms with Gasteiger partial charge in [0.2, 0.25) is 5.78 Å². The van der Waals surface area contributed by atoms with Crippen LogP contribution in [0.5, 0.6) is 11.5 Å². The lowest BCUT2D eigenvalue weighted by Gasteiger charge is -2.52. The molecule has 0 unspecified atom stereocenters. The molecule has 2 aromatic carbocycles. The molecule has 0 aromatic heterocycles. The minimum Gasteiger partial charge on any atom is -0.504 e. The zero-order chi connectivity index (χ0) is 22.1. The van der Waals surface area contributed by atoms with E-state index in [1.54, 1.807) is 14.2 Å². The molecule has 1 aliphatic heterocycles. The first kappa shape index (κ1) is 20.3. The van der Waals surface area contributed by atoms with Gasteiger partial charge in [0.15, 0.2) is 11.5 Å². The summed E-state index contributed by atoms with van der Waals surface area (Å²) < 4.78 is 23.2. The van der Waals surface area contributed by atoms with Crippen LogP contribution in [0.1, 0.15) is 49.5 Å². The number of Topliss-reactive ketones (excluding diaryl/α,β-unsaturated/α-hetero) is 1. The van der Waals surface area contributed by atoms with E-state index in [1.807, 2.05) is 38.1 Å². The van der Waals surface area contributed by atoms with Gasteiger partial charge in [-0.1, -0.05) is 6.92 Å². The molecule has 3 atom stereocenters. The van der Waals surface area contributed by atoms with Crippen molar-refractivity contribution >= 4 is 16.6 Å². The molecule has 1 saturated carbocycles. The van der Waals surface area contributed by atoms with E-state index < -0.39 is 11.2 Å². The third-order valence-electron chi connectivity index (χ3n) is 7.21. The molecule has 2 fully saturated rings. The number of benzene rings is 2. The van der Waals surface area contributed by atoms with Crippen LogP contribution in [0.3, 0.4) is 0 Å². The Kier molecular flexibility index (Phi) is 4.40. The van der Waals surface area contributed by atoms with E-state index in [9.17, 15) is 9.90 Å². The maximum absolute atomic E-state index is 13.4. The number of rotatable bonds is 2. The van der Waals surface area contributed by atoms with Crippen LogP contribution in [0.15, 0.2) is 35.6 Å². The Balaban J connectivity index is 1.73. The van der Waals surface area contributed by atoms with E-state index >= 15 is 0 Å². The Morgan fingerprint density at radius 1 is 1.06 bits per heavy atom. The number of carbonyl (C=O) groups is 1. The average Bonchev–Trinajstić information content (AvgIpc) is 2.75. The topological polar surface area (TPSA) is 74.2 Å². The predicted octanol–water partition coefficient (Wildman–Crippen LogP) is 4.68. The standard InChI is InChI=1S/C25H28O6/c1-24(2)30-12-16-20(31-24)8-9-25(3)17-11-14-13(18(28-4)6-7-19(14)29-5)10-15(17)22(26)23(27)21(16)25/h6-7,10-11,16,20,27H,8-9,12H2,1-5H3/t16-,20-,25-/m0/s1/i26+2,27+2. The highest BCUT2D eigenvalue weighted by Gasteiger charge is 2.53. The molecule has 5 rings (SSSR count). The largest absolute Gasteiger partial charge is 0.504 e. The van der Waals surface area contributed by atoms with Gasteiger partial charge in [0.25, 0.3) is 0 Å². The molecule has 1 N–H and O–H groups in total. The van der Waals surface area contributed by atoms with Crippen LogP contribution in [0, 0.1) is 5.92 Å². The van der Waals surface area contributed by atoms with Gasteiger partial charge >= 0.3 is 0 Å². The van der Waals surface area contributed by atoms with Crippen molar-refractivity contribution in [2.75, 3.05) is 20.8 Å². The fraction of sp³-hybridized carbons (Fsp3) is 0.480. The molecule has 31 heavy (non-hydrogen) atoms. The Bertz CT molecular complexity index is 1130. The summed E-state index contributed by atoms with van der Waals surface area (Å²) in [5.74, 6) is 0.0202. The number of aliphatic hydroxyl groups excluding tert-OH is 1. The van der Waals surface area contributed by atoms with Gasteiger partial charge in [-0.25, -0.2) is 0 Å². The molecule has 0 amide bonds. The number of aliphatic hydroxyl groups is 1. The third kappa shape index (κ3) is 2.81. The molecule has 3 aliphatic rings. The molecule has 1 saturated heterocycles.